The zero-order valence-electron chi connectivity index (χ0n) is 16.1. The Morgan fingerprint density at radius 3 is 2.24 bits per heavy atom. The van der Waals surface area contributed by atoms with Gasteiger partial charge in [0.1, 0.15) is 0 Å². The van der Waals surface area contributed by atoms with E-state index in [2.05, 4.69) is 12.2 Å². The number of nitrogens with one attached hydrogen (secondary N) is 1. The van der Waals surface area contributed by atoms with Crippen LogP contribution in [0, 0.1) is 0 Å². The first-order valence-corrected chi connectivity index (χ1v) is 10.9. The van der Waals surface area contributed by atoms with E-state index in [1.165, 1.54) is 36.9 Å². The molecule has 3 aromatic rings. The molecule has 3 rings (SSSR count). The minimum absolute atomic E-state index is 0.167. The van der Waals surface area contributed by atoms with E-state index in [4.69, 9.17) is 11.6 Å². The van der Waals surface area contributed by atoms with Gasteiger partial charge in [-0.25, -0.2) is 8.42 Å². The minimum atomic E-state index is -3.72. The number of carbonyl (C=O) groups excluding carboxylic acids is 1. The van der Waals surface area contributed by atoms with Crippen LogP contribution in [0.3, 0.4) is 0 Å². The monoisotopic (exact) mass is 428 g/mol. The number of anilines is 2. The third-order valence-electron chi connectivity index (χ3n) is 4.58. The lowest BCUT2D eigenvalue weighted by molar-refractivity contribution is 0.102. The van der Waals surface area contributed by atoms with Crippen molar-refractivity contribution in [2.24, 2.45) is 0 Å². The highest BCUT2D eigenvalue weighted by Gasteiger charge is 2.22. The molecule has 0 radical (unpaired) electrons. The maximum Gasteiger partial charge on any atom is 0.264 e. The van der Waals surface area contributed by atoms with Gasteiger partial charge in [0.2, 0.25) is 0 Å². The molecule has 29 heavy (non-hydrogen) atoms. The van der Waals surface area contributed by atoms with Crippen molar-refractivity contribution in [1.82, 2.24) is 0 Å². The van der Waals surface area contributed by atoms with Gasteiger partial charge in [-0.2, -0.15) is 0 Å². The van der Waals surface area contributed by atoms with E-state index in [1.54, 1.807) is 24.3 Å². The fourth-order valence-corrected chi connectivity index (χ4v) is 4.26. The van der Waals surface area contributed by atoms with E-state index in [-0.39, 0.29) is 21.4 Å². The molecule has 1 amide bonds. The molecule has 0 atom stereocenters. The molecule has 0 saturated carbocycles. The molecule has 0 aliphatic heterocycles. The zero-order chi connectivity index (χ0) is 21.0. The molecule has 7 heteroatoms. The molecule has 0 spiro atoms. The van der Waals surface area contributed by atoms with Crippen molar-refractivity contribution >= 4 is 38.9 Å². The molecule has 0 saturated heterocycles. The Kier molecular flexibility index (Phi) is 6.25. The lowest BCUT2D eigenvalue weighted by Gasteiger charge is -2.20. The summed E-state index contributed by atoms with van der Waals surface area (Å²) in [4.78, 5) is 12.7. The predicted octanol–water partition coefficient (Wildman–Crippen LogP) is 4.98. The van der Waals surface area contributed by atoms with Gasteiger partial charge in [-0.05, 0) is 54.4 Å². The van der Waals surface area contributed by atoms with Crippen LogP contribution < -0.4 is 9.62 Å². The molecule has 1 N–H and O–H groups in total. The van der Waals surface area contributed by atoms with E-state index in [0.717, 1.165) is 10.7 Å². The van der Waals surface area contributed by atoms with Gasteiger partial charge >= 0.3 is 0 Å². The van der Waals surface area contributed by atoms with Crippen LogP contribution in [-0.4, -0.2) is 21.4 Å². The molecule has 0 aliphatic rings. The summed E-state index contributed by atoms with van der Waals surface area (Å²) in [6, 6.07) is 20.2. The van der Waals surface area contributed by atoms with Crippen molar-refractivity contribution in [3.8, 4) is 0 Å². The second-order valence-corrected chi connectivity index (χ2v) is 8.83. The highest BCUT2D eigenvalue weighted by Crippen LogP contribution is 2.27. The summed E-state index contributed by atoms with van der Waals surface area (Å²) < 4.78 is 26.7. The zero-order valence-corrected chi connectivity index (χ0v) is 17.7. The molecule has 0 heterocycles. The molecular weight excluding hydrogens is 408 g/mol. The van der Waals surface area contributed by atoms with Crippen LogP contribution in [0.4, 0.5) is 11.4 Å². The smallest absolute Gasteiger partial charge is 0.264 e. The Morgan fingerprint density at radius 1 is 1.00 bits per heavy atom. The van der Waals surface area contributed by atoms with Crippen LogP contribution in [0.25, 0.3) is 0 Å². The SMILES string of the molecule is CCc1ccc(NC(=O)c2ccc(N(C)S(=O)(=O)c3ccccc3)cc2Cl)cc1. The van der Waals surface area contributed by atoms with Gasteiger partial charge in [0.05, 0.1) is 21.2 Å². The molecule has 3 aromatic carbocycles. The summed E-state index contributed by atoms with van der Waals surface area (Å²) in [6.45, 7) is 2.06. The number of hydrogen-bond acceptors (Lipinski definition) is 3. The number of carbonyl (C=O) groups is 1. The highest BCUT2D eigenvalue weighted by molar-refractivity contribution is 7.92. The van der Waals surface area contributed by atoms with Crippen molar-refractivity contribution in [3.63, 3.8) is 0 Å². The normalized spacial score (nSPS) is 11.1. The second kappa shape index (κ2) is 8.68. The van der Waals surface area contributed by atoms with Gasteiger partial charge in [-0.3, -0.25) is 9.10 Å². The highest BCUT2D eigenvalue weighted by atomic mass is 35.5. The number of amides is 1. The lowest BCUT2D eigenvalue weighted by atomic mass is 10.1. The summed E-state index contributed by atoms with van der Waals surface area (Å²) in [5.74, 6) is -0.362. The van der Waals surface area contributed by atoms with Crippen LogP contribution in [-0.2, 0) is 16.4 Å². The van der Waals surface area contributed by atoms with Gasteiger partial charge in [0.15, 0.2) is 0 Å². The van der Waals surface area contributed by atoms with Crippen molar-refractivity contribution < 1.29 is 13.2 Å². The summed E-state index contributed by atoms with van der Waals surface area (Å²) >= 11 is 6.30. The maximum absolute atomic E-state index is 12.8. The van der Waals surface area contributed by atoms with Gasteiger partial charge in [0.25, 0.3) is 15.9 Å². The van der Waals surface area contributed by atoms with E-state index in [9.17, 15) is 13.2 Å². The molecule has 150 valence electrons. The van der Waals surface area contributed by atoms with E-state index < -0.39 is 10.0 Å². The van der Waals surface area contributed by atoms with Crippen LogP contribution in [0.15, 0.2) is 77.7 Å². The molecule has 0 aromatic heterocycles. The van der Waals surface area contributed by atoms with E-state index in [1.807, 2.05) is 24.3 Å². The summed E-state index contributed by atoms with van der Waals surface area (Å²) in [5.41, 5.74) is 2.47. The van der Waals surface area contributed by atoms with Gasteiger partial charge in [0, 0.05) is 12.7 Å². The molecule has 0 unspecified atom stereocenters. The van der Waals surface area contributed by atoms with Gasteiger partial charge < -0.3 is 5.32 Å². The van der Waals surface area contributed by atoms with Crippen LogP contribution >= 0.6 is 11.6 Å². The third kappa shape index (κ3) is 4.60. The number of halogens is 1. The number of nitrogens with zero attached hydrogens (tertiary/aromatic N) is 1. The van der Waals surface area contributed by atoms with Crippen LogP contribution in [0.1, 0.15) is 22.8 Å². The Bertz CT molecular complexity index is 1110. The fraction of sp³-hybridized carbons (Fsp3) is 0.136. The largest absolute Gasteiger partial charge is 0.322 e. The Labute approximate surface area is 176 Å². The molecule has 0 bridgehead atoms. The first-order valence-electron chi connectivity index (χ1n) is 9.06. The summed E-state index contributed by atoms with van der Waals surface area (Å²) in [6.07, 6.45) is 0.918. The number of aryl methyl sites for hydroxylation is 1. The summed E-state index contributed by atoms with van der Waals surface area (Å²) in [5, 5.41) is 2.97. The van der Waals surface area contributed by atoms with Gasteiger partial charge in [-0.15, -0.1) is 0 Å². The van der Waals surface area contributed by atoms with E-state index >= 15 is 0 Å². The maximum atomic E-state index is 12.8. The number of hydrogen-bond donors (Lipinski definition) is 1. The Hall–Kier alpha value is -2.83. The minimum Gasteiger partial charge on any atom is -0.322 e. The second-order valence-electron chi connectivity index (χ2n) is 6.45. The fourth-order valence-electron chi connectivity index (χ4n) is 2.80. The average molecular weight is 429 g/mol. The molecular formula is C22H21ClN2O3S. The van der Waals surface area contributed by atoms with Crippen molar-refractivity contribution in [2.45, 2.75) is 18.2 Å². The number of sulfonamides is 1. The van der Waals surface area contributed by atoms with Crippen molar-refractivity contribution in [2.75, 3.05) is 16.7 Å². The molecule has 0 aliphatic carbocycles. The van der Waals surface area contributed by atoms with Crippen molar-refractivity contribution in [1.29, 1.82) is 0 Å². The topological polar surface area (TPSA) is 66.5 Å². The Balaban J connectivity index is 1.81. The number of rotatable bonds is 6. The lowest BCUT2D eigenvalue weighted by Crippen LogP contribution is -2.26. The average Bonchev–Trinajstić information content (AvgIpc) is 2.74. The molecule has 0 fully saturated rings. The quantitative estimate of drug-likeness (QED) is 0.602. The number of benzene rings is 3. The Morgan fingerprint density at radius 2 is 1.66 bits per heavy atom. The van der Waals surface area contributed by atoms with Crippen LogP contribution in [0.2, 0.25) is 5.02 Å². The third-order valence-corrected chi connectivity index (χ3v) is 6.70. The van der Waals surface area contributed by atoms with Crippen molar-refractivity contribution in [3.05, 3.63) is 88.9 Å². The first-order chi connectivity index (χ1) is 13.8. The summed E-state index contributed by atoms with van der Waals surface area (Å²) in [7, 11) is -2.28. The van der Waals surface area contributed by atoms with E-state index in [0.29, 0.717) is 11.4 Å². The molecule has 5 nitrogen and oxygen atoms in total. The standard InChI is InChI=1S/C22H21ClN2O3S/c1-3-16-9-11-17(12-10-16)24-22(26)20-14-13-18(15-21(20)23)25(2)29(27,28)19-7-5-4-6-8-19/h4-15H,3H2,1-2H3,(H,24,26). The first kappa shape index (κ1) is 20.9. The van der Waals surface area contributed by atoms with Crippen LogP contribution in [0.5, 0.6) is 0 Å². The predicted molar refractivity (Wildman–Crippen MR) is 117 cm³/mol. The van der Waals surface area contributed by atoms with Gasteiger partial charge in [-0.1, -0.05) is 48.9 Å².